The maximum atomic E-state index is 13.6. The Morgan fingerprint density at radius 2 is 2.00 bits per heavy atom. The lowest BCUT2D eigenvalue weighted by molar-refractivity contribution is 0.0806. The quantitative estimate of drug-likeness (QED) is 0.329. The number of piperidine rings is 1. The molecule has 3 aliphatic rings. The average molecular weight is 504 g/mol. The van der Waals surface area contributed by atoms with Gasteiger partial charge in [0.1, 0.15) is 17.0 Å². The van der Waals surface area contributed by atoms with E-state index >= 15 is 0 Å². The number of nitrogens with one attached hydrogen (secondary N) is 3. The molecule has 3 N–H and O–H groups in total. The summed E-state index contributed by atoms with van der Waals surface area (Å²) in [5.74, 6) is -0.188. The van der Waals surface area contributed by atoms with Crippen molar-refractivity contribution in [3.63, 3.8) is 0 Å². The van der Waals surface area contributed by atoms with Crippen LogP contribution in [-0.2, 0) is 5.41 Å². The van der Waals surface area contributed by atoms with Crippen LogP contribution in [0.2, 0.25) is 0 Å². The molecule has 4 heterocycles. The minimum absolute atomic E-state index is 0.170. The number of rotatable bonds is 3. The maximum Gasteiger partial charge on any atom is 0.291 e. The number of furan rings is 1. The molecule has 9 nitrogen and oxygen atoms in total. The lowest BCUT2D eigenvalue weighted by atomic mass is 9.84. The van der Waals surface area contributed by atoms with E-state index in [-0.39, 0.29) is 34.7 Å². The van der Waals surface area contributed by atoms with Crippen LogP contribution < -0.4 is 5.32 Å². The summed E-state index contributed by atoms with van der Waals surface area (Å²) < 4.78 is 5.67. The number of aromatic nitrogens is 3. The number of likely N-dealkylation sites (tertiary alicyclic amines) is 1. The van der Waals surface area contributed by atoms with Crippen molar-refractivity contribution in [2.45, 2.75) is 18.8 Å². The van der Waals surface area contributed by atoms with Gasteiger partial charge < -0.3 is 19.6 Å². The fourth-order valence-corrected chi connectivity index (χ4v) is 6.36. The van der Waals surface area contributed by atoms with Gasteiger partial charge in [0, 0.05) is 57.0 Å². The number of fused-ring (bicyclic) bond motifs is 3. The number of H-pyrrole nitrogens is 2. The molecule has 2 aliphatic carbocycles. The molecule has 0 unspecified atom stereocenters. The first-order chi connectivity index (χ1) is 18.4. The Morgan fingerprint density at radius 1 is 1.13 bits per heavy atom. The highest BCUT2D eigenvalue weighted by Gasteiger charge is 2.68. The molecule has 9 heteroatoms. The molecule has 1 saturated carbocycles. The SMILES string of the molecule is Cc1[nH]nc2c1[C@]13C[C@H]1CN(C(=O)c1cc4cc(NC(=O)c5cc6ccccc6o5)ccc4[nH]1)C3=CC2=O. The number of anilines is 1. The topological polar surface area (TPSA) is 124 Å². The van der Waals surface area contributed by atoms with E-state index in [9.17, 15) is 14.4 Å². The van der Waals surface area contributed by atoms with Crippen LogP contribution in [0.1, 0.15) is 49.2 Å². The average Bonchev–Trinajstić information content (AvgIpc) is 3.37. The number of allylic oxidation sites excluding steroid dienone is 2. The Kier molecular flexibility index (Phi) is 3.96. The zero-order chi connectivity index (χ0) is 25.8. The van der Waals surface area contributed by atoms with E-state index in [0.717, 1.165) is 39.7 Å². The van der Waals surface area contributed by atoms with E-state index in [2.05, 4.69) is 20.5 Å². The van der Waals surface area contributed by atoms with Crippen molar-refractivity contribution in [2.75, 3.05) is 11.9 Å². The molecule has 8 rings (SSSR count). The predicted molar refractivity (Wildman–Crippen MR) is 139 cm³/mol. The van der Waals surface area contributed by atoms with Gasteiger partial charge >= 0.3 is 0 Å². The van der Waals surface area contributed by atoms with Gasteiger partial charge in [-0.05, 0) is 55.7 Å². The van der Waals surface area contributed by atoms with Crippen molar-refractivity contribution in [3.05, 3.63) is 94.8 Å². The summed E-state index contributed by atoms with van der Waals surface area (Å²) >= 11 is 0. The van der Waals surface area contributed by atoms with E-state index in [0.29, 0.717) is 29.2 Å². The number of hydrogen-bond acceptors (Lipinski definition) is 5. The van der Waals surface area contributed by atoms with Crippen molar-refractivity contribution in [2.24, 2.45) is 5.92 Å². The first kappa shape index (κ1) is 21.2. The molecule has 2 amide bonds. The van der Waals surface area contributed by atoms with E-state index in [1.54, 1.807) is 29.2 Å². The Hall–Kier alpha value is -4.92. The Balaban J connectivity index is 1.07. The van der Waals surface area contributed by atoms with Gasteiger partial charge in [-0.25, -0.2) is 0 Å². The van der Waals surface area contributed by atoms with Gasteiger partial charge in [0.05, 0.1) is 0 Å². The number of para-hydroxylation sites is 1. The minimum atomic E-state index is -0.350. The third kappa shape index (κ3) is 2.75. The highest BCUT2D eigenvalue weighted by molar-refractivity contribution is 6.09. The lowest BCUT2D eigenvalue weighted by Crippen LogP contribution is -2.34. The van der Waals surface area contributed by atoms with Crippen LogP contribution >= 0.6 is 0 Å². The van der Waals surface area contributed by atoms with E-state index in [1.165, 1.54) is 0 Å². The van der Waals surface area contributed by atoms with Crippen molar-refractivity contribution in [1.82, 2.24) is 20.1 Å². The smallest absolute Gasteiger partial charge is 0.291 e. The Bertz CT molecular complexity index is 1870. The number of amides is 2. The summed E-state index contributed by atoms with van der Waals surface area (Å²) in [6.45, 7) is 2.50. The van der Waals surface area contributed by atoms with Crippen LogP contribution in [0.4, 0.5) is 5.69 Å². The normalized spacial score (nSPS) is 21.3. The van der Waals surface area contributed by atoms with Crippen LogP contribution in [0.15, 0.2) is 70.8 Å². The van der Waals surface area contributed by atoms with Crippen molar-refractivity contribution < 1.29 is 18.8 Å². The number of hydrogen-bond donors (Lipinski definition) is 3. The molecular weight excluding hydrogens is 482 g/mol. The zero-order valence-corrected chi connectivity index (χ0v) is 20.3. The summed E-state index contributed by atoms with van der Waals surface area (Å²) in [7, 11) is 0. The highest BCUT2D eigenvalue weighted by atomic mass is 16.3. The first-order valence-corrected chi connectivity index (χ1v) is 12.5. The van der Waals surface area contributed by atoms with Crippen molar-refractivity contribution in [3.8, 4) is 0 Å². The Morgan fingerprint density at radius 3 is 2.87 bits per heavy atom. The highest BCUT2D eigenvalue weighted by Crippen LogP contribution is 2.67. The van der Waals surface area contributed by atoms with Crippen LogP contribution in [0.25, 0.3) is 21.9 Å². The Labute approximate surface area is 215 Å². The minimum Gasteiger partial charge on any atom is -0.451 e. The fraction of sp³-hybridized carbons (Fsp3) is 0.172. The third-order valence-corrected chi connectivity index (χ3v) is 8.15. The van der Waals surface area contributed by atoms with Gasteiger partial charge in [-0.3, -0.25) is 19.5 Å². The van der Waals surface area contributed by atoms with Gasteiger partial charge in [-0.15, -0.1) is 0 Å². The number of ketones is 1. The zero-order valence-electron chi connectivity index (χ0n) is 20.3. The molecule has 5 aromatic rings. The maximum absolute atomic E-state index is 13.6. The lowest BCUT2D eigenvalue weighted by Gasteiger charge is -2.27. The predicted octanol–water partition coefficient (Wildman–Crippen LogP) is 4.69. The fourth-order valence-electron chi connectivity index (χ4n) is 6.36. The van der Waals surface area contributed by atoms with Gasteiger partial charge in [-0.1, -0.05) is 18.2 Å². The molecule has 1 saturated heterocycles. The summed E-state index contributed by atoms with van der Waals surface area (Å²) in [5.41, 5.74) is 5.23. The number of carbonyl (C=O) groups is 3. The summed E-state index contributed by atoms with van der Waals surface area (Å²) in [5, 5.41) is 11.7. The van der Waals surface area contributed by atoms with Crippen LogP contribution in [-0.4, -0.2) is 44.2 Å². The van der Waals surface area contributed by atoms with Gasteiger partial charge in [-0.2, -0.15) is 5.10 Å². The number of carbonyl (C=O) groups excluding carboxylic acids is 3. The number of aromatic amines is 2. The number of aryl methyl sites for hydroxylation is 1. The van der Waals surface area contributed by atoms with Crippen molar-refractivity contribution >= 4 is 45.2 Å². The second kappa shape index (κ2) is 7.10. The third-order valence-electron chi connectivity index (χ3n) is 8.15. The molecular formula is C29H21N5O4. The van der Waals surface area contributed by atoms with E-state index in [1.807, 2.05) is 43.3 Å². The first-order valence-electron chi connectivity index (χ1n) is 12.5. The summed E-state index contributed by atoms with van der Waals surface area (Å²) in [6.07, 6.45) is 2.51. The van der Waals surface area contributed by atoms with Gasteiger partial charge in [0.15, 0.2) is 5.76 Å². The molecule has 2 aromatic carbocycles. The van der Waals surface area contributed by atoms with Gasteiger partial charge in [0.2, 0.25) is 5.78 Å². The molecule has 38 heavy (non-hydrogen) atoms. The molecule has 0 bridgehead atoms. The molecule has 1 spiro atoms. The molecule has 0 radical (unpaired) electrons. The molecule has 2 fully saturated rings. The van der Waals surface area contributed by atoms with Crippen molar-refractivity contribution in [1.29, 1.82) is 0 Å². The second-order valence-corrected chi connectivity index (χ2v) is 10.3. The van der Waals surface area contributed by atoms with Crippen LogP contribution in [0.5, 0.6) is 0 Å². The monoisotopic (exact) mass is 503 g/mol. The molecule has 186 valence electrons. The number of nitrogens with zero attached hydrogens (tertiary/aromatic N) is 2. The molecule has 2 atom stereocenters. The number of benzene rings is 2. The summed E-state index contributed by atoms with van der Waals surface area (Å²) in [4.78, 5) is 44.1. The molecule has 1 aliphatic heterocycles. The standard InChI is InChI=1S/C29H21N5O4/c1-14-25-26(33-32-14)21(35)11-24-29(25)12-17(29)13-34(24)28(37)20-9-16-8-18(6-7-19(16)31-20)30-27(36)23-10-15-4-2-3-5-22(15)38-23/h2-11,17,31H,12-13H2,1H3,(H,30,36)(H,32,33)/t17-,29+/m0/s1. The van der Waals surface area contributed by atoms with Gasteiger partial charge in [0.25, 0.3) is 11.8 Å². The second-order valence-electron chi connectivity index (χ2n) is 10.3. The van der Waals surface area contributed by atoms with E-state index in [4.69, 9.17) is 4.42 Å². The van der Waals surface area contributed by atoms with Crippen LogP contribution in [0.3, 0.4) is 0 Å². The van der Waals surface area contributed by atoms with E-state index < -0.39 is 0 Å². The molecule has 3 aromatic heterocycles. The largest absolute Gasteiger partial charge is 0.451 e. The van der Waals surface area contributed by atoms with Crippen LogP contribution in [0, 0.1) is 12.8 Å². The summed E-state index contributed by atoms with van der Waals surface area (Å²) in [6, 6.07) is 16.4.